The molecule has 0 fully saturated rings. The first-order valence-corrected chi connectivity index (χ1v) is 5.56. The standard InChI is InChI=1S/C11H9F3N4O3/c1-15-17-9(19)10-16-8(18-21-10)6-2-4-7(5-3-6)20-11(12,13)14/h2-5,15H,1H3,(H,17,19). The fourth-order valence-corrected chi connectivity index (χ4v) is 1.41. The Morgan fingerprint density at radius 2 is 1.95 bits per heavy atom. The number of halogens is 3. The molecule has 2 rings (SSSR count). The van der Waals surface area contributed by atoms with Gasteiger partial charge in [-0.2, -0.15) is 4.98 Å². The molecule has 0 saturated heterocycles. The summed E-state index contributed by atoms with van der Waals surface area (Å²) in [5.41, 5.74) is 5.00. The van der Waals surface area contributed by atoms with Gasteiger partial charge in [0.2, 0.25) is 5.82 Å². The Hall–Kier alpha value is -2.62. The number of carbonyl (C=O) groups is 1. The molecule has 1 amide bonds. The molecular formula is C11H9F3N4O3. The van der Waals surface area contributed by atoms with Gasteiger partial charge >= 0.3 is 18.2 Å². The zero-order chi connectivity index (χ0) is 15.5. The first-order chi connectivity index (χ1) is 9.89. The highest BCUT2D eigenvalue weighted by Gasteiger charge is 2.31. The van der Waals surface area contributed by atoms with Crippen molar-refractivity contribution >= 4 is 5.91 Å². The fraction of sp³-hybridized carbons (Fsp3) is 0.182. The second kappa shape index (κ2) is 5.79. The molecule has 112 valence electrons. The lowest BCUT2D eigenvalue weighted by Crippen LogP contribution is -2.34. The Balaban J connectivity index is 2.14. The third-order valence-corrected chi connectivity index (χ3v) is 2.20. The number of rotatable bonds is 4. The van der Waals surface area contributed by atoms with E-state index in [0.717, 1.165) is 12.1 Å². The summed E-state index contributed by atoms with van der Waals surface area (Å²) in [5.74, 6) is -1.22. The molecule has 1 aromatic heterocycles. The van der Waals surface area contributed by atoms with E-state index in [4.69, 9.17) is 4.52 Å². The van der Waals surface area contributed by atoms with Crippen LogP contribution < -0.4 is 15.6 Å². The van der Waals surface area contributed by atoms with Crippen LogP contribution in [-0.4, -0.2) is 29.5 Å². The van der Waals surface area contributed by atoms with E-state index in [9.17, 15) is 18.0 Å². The maximum atomic E-state index is 12.0. The number of nitrogens with zero attached hydrogens (tertiary/aromatic N) is 2. The molecular weight excluding hydrogens is 293 g/mol. The van der Waals surface area contributed by atoms with Crippen molar-refractivity contribution in [1.82, 2.24) is 21.0 Å². The van der Waals surface area contributed by atoms with Crippen molar-refractivity contribution < 1.29 is 27.2 Å². The Bertz CT molecular complexity index is 624. The van der Waals surface area contributed by atoms with Crippen molar-refractivity contribution in [3.05, 3.63) is 30.2 Å². The first kappa shape index (κ1) is 14.8. The highest BCUT2D eigenvalue weighted by atomic mass is 19.4. The predicted octanol–water partition coefficient (Wildman–Crippen LogP) is 1.50. The Kier molecular flexibility index (Phi) is 4.08. The molecule has 0 saturated carbocycles. The lowest BCUT2D eigenvalue weighted by Gasteiger charge is -2.08. The summed E-state index contributed by atoms with van der Waals surface area (Å²) >= 11 is 0. The quantitative estimate of drug-likeness (QED) is 0.832. The maximum Gasteiger partial charge on any atom is 0.573 e. The monoisotopic (exact) mass is 302 g/mol. The summed E-state index contributed by atoms with van der Waals surface area (Å²) in [4.78, 5) is 15.2. The summed E-state index contributed by atoms with van der Waals surface area (Å²) in [5, 5.41) is 3.56. The first-order valence-electron chi connectivity index (χ1n) is 5.56. The molecule has 0 aliphatic rings. The lowest BCUT2D eigenvalue weighted by molar-refractivity contribution is -0.274. The van der Waals surface area contributed by atoms with Gasteiger partial charge in [0.1, 0.15) is 5.75 Å². The number of amides is 1. The predicted molar refractivity (Wildman–Crippen MR) is 62.9 cm³/mol. The van der Waals surface area contributed by atoms with E-state index in [1.807, 2.05) is 0 Å². The van der Waals surface area contributed by atoms with Crippen LogP contribution in [0.15, 0.2) is 28.8 Å². The summed E-state index contributed by atoms with van der Waals surface area (Å²) < 4.78 is 44.5. The number of ether oxygens (including phenoxy) is 1. The van der Waals surface area contributed by atoms with Gasteiger partial charge in [-0.3, -0.25) is 10.2 Å². The van der Waals surface area contributed by atoms with E-state index in [1.165, 1.54) is 19.2 Å². The van der Waals surface area contributed by atoms with Gasteiger partial charge in [0.25, 0.3) is 0 Å². The van der Waals surface area contributed by atoms with Gasteiger partial charge in [-0.1, -0.05) is 5.16 Å². The van der Waals surface area contributed by atoms with E-state index in [1.54, 1.807) is 0 Å². The van der Waals surface area contributed by atoms with Crippen LogP contribution in [0, 0.1) is 0 Å². The second-order valence-electron chi connectivity index (χ2n) is 3.70. The Morgan fingerprint density at radius 1 is 1.29 bits per heavy atom. The molecule has 0 atom stereocenters. The molecule has 0 spiro atoms. The van der Waals surface area contributed by atoms with Crippen molar-refractivity contribution in [2.45, 2.75) is 6.36 Å². The van der Waals surface area contributed by atoms with Crippen LogP contribution >= 0.6 is 0 Å². The van der Waals surface area contributed by atoms with Crippen LogP contribution in [0.4, 0.5) is 13.2 Å². The smallest absolute Gasteiger partial charge is 0.406 e. The summed E-state index contributed by atoms with van der Waals surface area (Å²) in [7, 11) is 1.48. The highest BCUT2D eigenvalue weighted by Crippen LogP contribution is 2.25. The van der Waals surface area contributed by atoms with Crippen LogP contribution in [0.5, 0.6) is 5.75 Å². The number of hydrazine groups is 1. The SMILES string of the molecule is CNNC(=O)c1nc(-c2ccc(OC(F)(F)F)cc2)no1. The number of alkyl halides is 3. The Labute approximate surface area is 116 Å². The topological polar surface area (TPSA) is 89.3 Å². The van der Waals surface area contributed by atoms with Gasteiger partial charge in [-0.25, -0.2) is 5.43 Å². The molecule has 21 heavy (non-hydrogen) atoms. The normalized spacial score (nSPS) is 11.2. The highest BCUT2D eigenvalue weighted by molar-refractivity contribution is 5.89. The van der Waals surface area contributed by atoms with Crippen LogP contribution in [0.25, 0.3) is 11.4 Å². The van der Waals surface area contributed by atoms with Crippen molar-refractivity contribution in [3.8, 4) is 17.1 Å². The largest absolute Gasteiger partial charge is 0.573 e. The van der Waals surface area contributed by atoms with E-state index in [2.05, 4.69) is 25.7 Å². The molecule has 2 aromatic rings. The minimum Gasteiger partial charge on any atom is -0.406 e. The van der Waals surface area contributed by atoms with E-state index >= 15 is 0 Å². The van der Waals surface area contributed by atoms with Gasteiger partial charge in [0.05, 0.1) is 0 Å². The number of hydrogen-bond acceptors (Lipinski definition) is 6. The van der Waals surface area contributed by atoms with Crippen molar-refractivity contribution in [2.75, 3.05) is 7.05 Å². The number of carbonyl (C=O) groups excluding carboxylic acids is 1. The second-order valence-corrected chi connectivity index (χ2v) is 3.70. The fourth-order valence-electron chi connectivity index (χ4n) is 1.41. The minimum atomic E-state index is -4.76. The van der Waals surface area contributed by atoms with Gasteiger partial charge < -0.3 is 9.26 Å². The number of aromatic nitrogens is 2. The molecule has 0 bridgehead atoms. The number of benzene rings is 1. The average Bonchev–Trinajstić information content (AvgIpc) is 2.87. The molecule has 1 aromatic carbocycles. The van der Waals surface area contributed by atoms with Crippen LogP contribution in [-0.2, 0) is 0 Å². The molecule has 2 N–H and O–H groups in total. The van der Waals surface area contributed by atoms with Crippen molar-refractivity contribution in [3.63, 3.8) is 0 Å². The van der Waals surface area contributed by atoms with Gasteiger partial charge in [0, 0.05) is 12.6 Å². The zero-order valence-corrected chi connectivity index (χ0v) is 10.6. The molecule has 1 heterocycles. The third-order valence-electron chi connectivity index (χ3n) is 2.20. The molecule has 7 nitrogen and oxygen atoms in total. The van der Waals surface area contributed by atoms with E-state index in [0.29, 0.717) is 5.56 Å². The molecule has 10 heteroatoms. The zero-order valence-electron chi connectivity index (χ0n) is 10.6. The van der Waals surface area contributed by atoms with Crippen molar-refractivity contribution in [1.29, 1.82) is 0 Å². The lowest BCUT2D eigenvalue weighted by atomic mass is 10.2. The van der Waals surface area contributed by atoms with E-state index in [-0.39, 0.29) is 17.5 Å². The van der Waals surface area contributed by atoms with Crippen LogP contribution in [0.3, 0.4) is 0 Å². The summed E-state index contributed by atoms with van der Waals surface area (Å²) in [6.07, 6.45) is -4.76. The molecule has 0 aliphatic carbocycles. The van der Waals surface area contributed by atoms with Gasteiger partial charge in [-0.15, -0.1) is 13.2 Å². The molecule has 0 unspecified atom stereocenters. The van der Waals surface area contributed by atoms with Crippen molar-refractivity contribution in [2.24, 2.45) is 0 Å². The minimum absolute atomic E-state index is 0.0646. The Morgan fingerprint density at radius 3 is 2.52 bits per heavy atom. The van der Waals surface area contributed by atoms with Gasteiger partial charge in [-0.05, 0) is 24.3 Å². The molecule has 0 aliphatic heterocycles. The molecule has 0 radical (unpaired) electrons. The average molecular weight is 302 g/mol. The maximum absolute atomic E-state index is 12.0. The summed E-state index contributed by atoms with van der Waals surface area (Å²) in [6, 6.07) is 4.83. The van der Waals surface area contributed by atoms with Crippen LogP contribution in [0.1, 0.15) is 10.7 Å². The summed E-state index contributed by atoms with van der Waals surface area (Å²) in [6.45, 7) is 0. The number of nitrogens with one attached hydrogen (secondary N) is 2. The third kappa shape index (κ3) is 3.92. The van der Waals surface area contributed by atoms with Gasteiger partial charge in [0.15, 0.2) is 0 Å². The number of hydrogen-bond donors (Lipinski definition) is 2. The van der Waals surface area contributed by atoms with Crippen LogP contribution in [0.2, 0.25) is 0 Å². The van der Waals surface area contributed by atoms with E-state index < -0.39 is 12.3 Å².